The van der Waals surface area contributed by atoms with E-state index in [0.29, 0.717) is 28.5 Å². The van der Waals surface area contributed by atoms with Crippen LogP contribution in [0.5, 0.6) is 5.75 Å². The van der Waals surface area contributed by atoms with E-state index in [9.17, 15) is 14.4 Å². The Kier molecular flexibility index (Phi) is 7.58. The van der Waals surface area contributed by atoms with Gasteiger partial charge in [0.2, 0.25) is 11.8 Å². The van der Waals surface area contributed by atoms with Gasteiger partial charge >= 0.3 is 0 Å². The fourth-order valence-electron chi connectivity index (χ4n) is 3.86. The number of carbonyl (C=O) groups excluding carboxylic acids is 3. The molecule has 0 unspecified atom stereocenters. The Hall–Kier alpha value is -3.55. The molecule has 180 valence electrons. The first-order valence-corrected chi connectivity index (χ1v) is 11.7. The van der Waals surface area contributed by atoms with E-state index in [1.54, 1.807) is 49.6 Å². The van der Waals surface area contributed by atoms with Crippen molar-refractivity contribution >= 4 is 52.3 Å². The molecule has 3 aromatic carbocycles. The number of anilines is 2. The molecule has 2 N–H and O–H groups in total. The van der Waals surface area contributed by atoms with Crippen molar-refractivity contribution in [3.63, 3.8) is 0 Å². The highest BCUT2D eigenvalue weighted by molar-refractivity contribution is 6.44. The van der Waals surface area contributed by atoms with Crippen LogP contribution in [0.1, 0.15) is 22.3 Å². The number of rotatable bonds is 7. The maximum Gasteiger partial charge on any atom is 0.253 e. The van der Waals surface area contributed by atoms with Crippen molar-refractivity contribution in [2.45, 2.75) is 13.0 Å². The highest BCUT2D eigenvalue weighted by Crippen LogP contribution is 2.36. The van der Waals surface area contributed by atoms with E-state index in [4.69, 9.17) is 27.9 Å². The summed E-state index contributed by atoms with van der Waals surface area (Å²) in [6, 6.07) is 19.1. The first-order valence-electron chi connectivity index (χ1n) is 10.9. The molecule has 0 radical (unpaired) electrons. The predicted molar refractivity (Wildman–Crippen MR) is 136 cm³/mol. The summed E-state index contributed by atoms with van der Waals surface area (Å²) in [6.45, 7) is 0.480. The molecule has 4 rings (SSSR count). The normalized spacial score (nSPS) is 15.1. The molecule has 0 bridgehead atoms. The maximum atomic E-state index is 13.0. The van der Waals surface area contributed by atoms with E-state index in [1.807, 2.05) is 24.3 Å². The topological polar surface area (TPSA) is 87.7 Å². The van der Waals surface area contributed by atoms with Crippen LogP contribution >= 0.6 is 23.2 Å². The number of hydrogen-bond acceptors (Lipinski definition) is 4. The highest BCUT2D eigenvalue weighted by Gasteiger charge is 2.36. The van der Waals surface area contributed by atoms with Gasteiger partial charge in [-0.05, 0) is 42.0 Å². The van der Waals surface area contributed by atoms with Crippen molar-refractivity contribution in [1.82, 2.24) is 5.32 Å². The molecule has 7 nitrogen and oxygen atoms in total. The first kappa shape index (κ1) is 24.6. The number of ether oxygens (including phenoxy) is 1. The lowest BCUT2D eigenvalue weighted by atomic mass is 10.1. The van der Waals surface area contributed by atoms with E-state index in [1.165, 1.54) is 4.90 Å². The molecule has 0 aromatic heterocycles. The predicted octanol–water partition coefficient (Wildman–Crippen LogP) is 4.92. The summed E-state index contributed by atoms with van der Waals surface area (Å²) in [4.78, 5) is 39.9. The van der Waals surface area contributed by atoms with E-state index in [0.717, 1.165) is 11.3 Å². The molecule has 1 aliphatic rings. The average Bonchev–Trinajstić information content (AvgIpc) is 3.26. The largest absolute Gasteiger partial charge is 0.497 e. The zero-order valence-corrected chi connectivity index (χ0v) is 20.4. The molecule has 1 fully saturated rings. The monoisotopic (exact) mass is 511 g/mol. The Morgan fingerprint density at radius 3 is 2.51 bits per heavy atom. The van der Waals surface area contributed by atoms with Gasteiger partial charge in [0.15, 0.2) is 0 Å². The minimum Gasteiger partial charge on any atom is -0.497 e. The molecule has 1 atom stereocenters. The summed E-state index contributed by atoms with van der Waals surface area (Å²) >= 11 is 12.3. The van der Waals surface area contributed by atoms with Crippen molar-refractivity contribution in [1.29, 1.82) is 0 Å². The number of halogens is 2. The lowest BCUT2D eigenvalue weighted by Gasteiger charge is -2.19. The minimum absolute atomic E-state index is 0.0283. The van der Waals surface area contributed by atoms with E-state index in [-0.39, 0.29) is 35.7 Å². The van der Waals surface area contributed by atoms with Crippen molar-refractivity contribution < 1.29 is 19.1 Å². The van der Waals surface area contributed by atoms with Crippen LogP contribution < -0.4 is 20.3 Å². The summed E-state index contributed by atoms with van der Waals surface area (Å²) in [5, 5.41) is 6.27. The van der Waals surface area contributed by atoms with Gasteiger partial charge in [0.05, 0.1) is 40.0 Å². The quantitative estimate of drug-likeness (QED) is 0.471. The second kappa shape index (κ2) is 10.8. The Morgan fingerprint density at radius 2 is 1.77 bits per heavy atom. The fourth-order valence-corrected chi connectivity index (χ4v) is 4.26. The number of methoxy groups -OCH3 is 1. The van der Waals surface area contributed by atoms with Gasteiger partial charge in [0, 0.05) is 19.5 Å². The second-order valence-corrected chi connectivity index (χ2v) is 8.83. The van der Waals surface area contributed by atoms with Crippen LogP contribution in [0, 0.1) is 5.92 Å². The molecule has 1 aliphatic heterocycles. The number of amides is 3. The Morgan fingerprint density at radius 1 is 1.03 bits per heavy atom. The van der Waals surface area contributed by atoms with Crippen LogP contribution in [0.3, 0.4) is 0 Å². The minimum atomic E-state index is -0.604. The zero-order chi connectivity index (χ0) is 24.9. The van der Waals surface area contributed by atoms with Crippen molar-refractivity contribution in [3.8, 4) is 5.75 Å². The molecule has 1 heterocycles. The third-order valence-corrected chi connectivity index (χ3v) is 6.57. The molecule has 0 spiro atoms. The fraction of sp³-hybridized carbons (Fsp3) is 0.192. The van der Waals surface area contributed by atoms with E-state index in [2.05, 4.69) is 10.6 Å². The van der Waals surface area contributed by atoms with Gasteiger partial charge in [-0.2, -0.15) is 0 Å². The molecular formula is C26H23Cl2N3O4. The number of hydrogen-bond donors (Lipinski definition) is 2. The van der Waals surface area contributed by atoms with Crippen LogP contribution in [0.2, 0.25) is 10.0 Å². The third kappa shape index (κ3) is 5.58. The molecule has 3 aromatic rings. The smallest absolute Gasteiger partial charge is 0.253 e. The lowest BCUT2D eigenvalue weighted by Crippen LogP contribution is -2.29. The SMILES string of the molecule is COc1ccc(CNC(=O)c2ccccc2NC(=O)[C@H]2CC(=O)N(c3cccc(Cl)c3Cl)C2)cc1. The Bertz CT molecular complexity index is 1260. The molecule has 3 amide bonds. The number of nitrogens with zero attached hydrogens (tertiary/aromatic N) is 1. The van der Waals surface area contributed by atoms with Gasteiger partial charge in [-0.25, -0.2) is 0 Å². The summed E-state index contributed by atoms with van der Waals surface area (Å²) in [5.74, 6) is -0.775. The Labute approximate surface area is 213 Å². The molecule has 1 saturated heterocycles. The van der Waals surface area contributed by atoms with Gasteiger partial charge < -0.3 is 20.3 Å². The average molecular weight is 512 g/mol. The van der Waals surface area contributed by atoms with E-state index < -0.39 is 5.92 Å². The van der Waals surface area contributed by atoms with Crippen molar-refractivity contribution in [2.75, 3.05) is 23.9 Å². The number of nitrogens with one attached hydrogen (secondary N) is 2. The van der Waals surface area contributed by atoms with Crippen LogP contribution in [0.15, 0.2) is 66.7 Å². The maximum absolute atomic E-state index is 13.0. The summed E-state index contributed by atoms with van der Waals surface area (Å²) in [5.41, 5.74) is 2.08. The van der Waals surface area contributed by atoms with Crippen LogP contribution in [-0.2, 0) is 16.1 Å². The number of benzene rings is 3. The number of para-hydroxylation sites is 1. The van der Waals surface area contributed by atoms with Crippen LogP contribution in [-0.4, -0.2) is 31.4 Å². The molecular weight excluding hydrogens is 489 g/mol. The number of carbonyl (C=O) groups is 3. The molecule has 0 aliphatic carbocycles. The molecule has 9 heteroatoms. The Balaban J connectivity index is 1.42. The zero-order valence-electron chi connectivity index (χ0n) is 18.9. The van der Waals surface area contributed by atoms with Crippen molar-refractivity contribution in [2.24, 2.45) is 5.92 Å². The summed E-state index contributed by atoms with van der Waals surface area (Å²) < 4.78 is 5.14. The van der Waals surface area contributed by atoms with Crippen LogP contribution in [0.4, 0.5) is 11.4 Å². The standard InChI is InChI=1S/C26H23Cl2N3O4/c1-35-18-11-9-16(10-12-18)14-29-26(34)19-5-2-3-7-21(19)30-25(33)17-13-23(32)31(15-17)22-8-4-6-20(27)24(22)28/h2-12,17H,13-15H2,1H3,(H,29,34)(H,30,33)/t17-/m0/s1. The third-order valence-electron chi connectivity index (χ3n) is 5.76. The van der Waals surface area contributed by atoms with Crippen molar-refractivity contribution in [3.05, 3.63) is 87.9 Å². The second-order valence-electron chi connectivity index (χ2n) is 8.04. The van der Waals surface area contributed by atoms with Crippen LogP contribution in [0.25, 0.3) is 0 Å². The van der Waals surface area contributed by atoms with E-state index >= 15 is 0 Å². The molecule has 0 saturated carbocycles. The van der Waals surface area contributed by atoms with Gasteiger partial charge in [-0.1, -0.05) is 53.5 Å². The lowest BCUT2D eigenvalue weighted by molar-refractivity contribution is -0.122. The van der Waals surface area contributed by atoms with Gasteiger partial charge in [-0.15, -0.1) is 0 Å². The highest BCUT2D eigenvalue weighted by atomic mass is 35.5. The summed E-state index contributed by atoms with van der Waals surface area (Å²) in [7, 11) is 1.59. The molecule has 35 heavy (non-hydrogen) atoms. The van der Waals surface area contributed by atoms with Gasteiger partial charge in [0.25, 0.3) is 5.91 Å². The summed E-state index contributed by atoms with van der Waals surface area (Å²) in [6.07, 6.45) is 0.0283. The van der Waals surface area contributed by atoms with Gasteiger partial charge in [0.1, 0.15) is 5.75 Å². The first-order chi connectivity index (χ1) is 16.9. The van der Waals surface area contributed by atoms with Gasteiger partial charge in [-0.3, -0.25) is 14.4 Å².